The highest BCUT2D eigenvalue weighted by molar-refractivity contribution is 7.92. The molecule has 0 radical (unpaired) electrons. The number of halogens is 1. The fraction of sp³-hybridized carbons (Fsp3) is 0.269. The number of nitrogens with one attached hydrogen (secondary N) is 1. The number of hydrogen-bond acceptors (Lipinski definition) is 3. The van der Waals surface area contributed by atoms with Crippen LogP contribution in [0.5, 0.6) is 0 Å². The lowest BCUT2D eigenvalue weighted by Crippen LogP contribution is -2.42. The van der Waals surface area contributed by atoms with Gasteiger partial charge in [-0.25, -0.2) is 8.42 Å². The number of anilines is 1. The average Bonchev–Trinajstić information content (AvgIpc) is 3.28. The van der Waals surface area contributed by atoms with E-state index in [4.69, 9.17) is 11.6 Å². The first-order chi connectivity index (χ1) is 15.8. The van der Waals surface area contributed by atoms with Crippen LogP contribution in [0.15, 0.2) is 71.6 Å². The Morgan fingerprint density at radius 2 is 1.76 bits per heavy atom. The number of carbonyl (C=O) groups excluding carboxylic acids is 1. The van der Waals surface area contributed by atoms with Gasteiger partial charge >= 0.3 is 0 Å². The molecule has 0 heterocycles. The van der Waals surface area contributed by atoms with Crippen molar-refractivity contribution >= 4 is 33.2 Å². The van der Waals surface area contributed by atoms with E-state index in [1.807, 2.05) is 13.0 Å². The van der Waals surface area contributed by atoms with Gasteiger partial charge in [0.25, 0.3) is 10.0 Å². The van der Waals surface area contributed by atoms with Crippen LogP contribution >= 0.6 is 11.6 Å². The van der Waals surface area contributed by atoms with Crippen LogP contribution in [0, 0.1) is 6.92 Å². The molecule has 0 saturated heterocycles. The highest BCUT2D eigenvalue weighted by atomic mass is 35.5. The normalized spacial score (nSPS) is 13.9. The van der Waals surface area contributed by atoms with Crippen molar-refractivity contribution in [2.45, 2.75) is 44.0 Å². The van der Waals surface area contributed by atoms with E-state index in [2.05, 4.69) is 17.4 Å². The number of hydrogen-bond donors (Lipinski definition) is 1. The first-order valence-electron chi connectivity index (χ1n) is 11.0. The van der Waals surface area contributed by atoms with Gasteiger partial charge < -0.3 is 5.32 Å². The van der Waals surface area contributed by atoms with Crippen LogP contribution in [0.4, 0.5) is 5.69 Å². The zero-order valence-electron chi connectivity index (χ0n) is 18.7. The summed E-state index contributed by atoms with van der Waals surface area (Å²) in [6.45, 7) is 3.30. The van der Waals surface area contributed by atoms with E-state index in [1.54, 1.807) is 43.3 Å². The Morgan fingerprint density at radius 1 is 1.03 bits per heavy atom. The molecule has 1 aliphatic rings. The third-order valence-corrected chi connectivity index (χ3v) is 8.31. The predicted molar refractivity (Wildman–Crippen MR) is 132 cm³/mol. The van der Waals surface area contributed by atoms with E-state index < -0.39 is 10.0 Å². The van der Waals surface area contributed by atoms with Gasteiger partial charge in [0.1, 0.15) is 6.54 Å². The molecule has 172 valence electrons. The van der Waals surface area contributed by atoms with Gasteiger partial charge in [0, 0.05) is 5.02 Å². The van der Waals surface area contributed by atoms with Crippen molar-refractivity contribution in [3.05, 3.63) is 94.0 Å². The molecule has 0 aromatic heterocycles. The van der Waals surface area contributed by atoms with Crippen LogP contribution in [0.2, 0.25) is 5.02 Å². The molecule has 1 amide bonds. The highest BCUT2D eigenvalue weighted by Gasteiger charge is 2.29. The lowest BCUT2D eigenvalue weighted by molar-refractivity contribution is -0.120. The molecule has 1 atom stereocenters. The molecule has 7 heteroatoms. The number of carbonyl (C=O) groups is 1. The van der Waals surface area contributed by atoms with Crippen molar-refractivity contribution in [2.24, 2.45) is 0 Å². The Kier molecular flexibility index (Phi) is 6.77. The van der Waals surface area contributed by atoms with E-state index in [1.165, 1.54) is 23.3 Å². The zero-order chi connectivity index (χ0) is 23.6. The molecule has 3 aromatic carbocycles. The lowest BCUT2D eigenvalue weighted by atomic mass is 10.0. The molecular formula is C26H27ClN2O3S. The quantitative estimate of drug-likeness (QED) is 0.502. The largest absolute Gasteiger partial charge is 0.348 e. The molecule has 3 aromatic rings. The first kappa shape index (κ1) is 23.3. The number of aryl methyl sites for hydroxylation is 2. The third-order valence-electron chi connectivity index (χ3n) is 6.13. The molecule has 0 unspecified atom stereocenters. The molecule has 5 nitrogen and oxygen atoms in total. The summed E-state index contributed by atoms with van der Waals surface area (Å²) in [7, 11) is -3.98. The number of rotatable bonds is 7. The molecule has 1 N–H and O–H groups in total. The van der Waals surface area contributed by atoms with E-state index in [0.29, 0.717) is 16.3 Å². The SMILES string of the molecule is Cc1c(Cl)cccc1N(CC(=O)N[C@H](C)c1ccc2c(c1)CCC2)S(=O)(=O)c1ccccc1. The van der Waals surface area contributed by atoms with Crippen molar-refractivity contribution in [1.29, 1.82) is 0 Å². The minimum atomic E-state index is -3.98. The van der Waals surface area contributed by atoms with Gasteiger partial charge in [-0.2, -0.15) is 0 Å². The van der Waals surface area contributed by atoms with Gasteiger partial charge in [-0.15, -0.1) is 0 Å². The number of sulfonamides is 1. The maximum atomic E-state index is 13.5. The molecule has 4 rings (SSSR count). The van der Waals surface area contributed by atoms with E-state index in [9.17, 15) is 13.2 Å². The van der Waals surface area contributed by atoms with Crippen LogP contribution in [-0.2, 0) is 27.7 Å². The van der Waals surface area contributed by atoms with Gasteiger partial charge in [0.05, 0.1) is 16.6 Å². The fourth-order valence-corrected chi connectivity index (χ4v) is 5.92. The van der Waals surface area contributed by atoms with Crippen molar-refractivity contribution in [3.8, 4) is 0 Å². The summed E-state index contributed by atoms with van der Waals surface area (Å²) in [6, 6.07) is 19.2. The second-order valence-electron chi connectivity index (χ2n) is 8.38. The summed E-state index contributed by atoms with van der Waals surface area (Å²) in [6.07, 6.45) is 3.31. The number of nitrogens with zero attached hydrogens (tertiary/aromatic N) is 1. The predicted octanol–water partition coefficient (Wildman–Crippen LogP) is 5.21. The van der Waals surface area contributed by atoms with Gasteiger partial charge in [0.15, 0.2) is 0 Å². The van der Waals surface area contributed by atoms with Crippen LogP contribution in [0.1, 0.15) is 41.6 Å². The Balaban J connectivity index is 1.61. The molecule has 0 bridgehead atoms. The minimum Gasteiger partial charge on any atom is -0.348 e. The summed E-state index contributed by atoms with van der Waals surface area (Å²) >= 11 is 6.28. The van der Waals surface area contributed by atoms with Crippen LogP contribution in [0.3, 0.4) is 0 Å². The number of fused-ring (bicyclic) bond motifs is 1. The Bertz CT molecular complexity index is 1280. The van der Waals surface area contributed by atoms with Crippen molar-refractivity contribution in [3.63, 3.8) is 0 Å². The van der Waals surface area contributed by atoms with Crippen molar-refractivity contribution < 1.29 is 13.2 Å². The smallest absolute Gasteiger partial charge is 0.264 e. The average molecular weight is 483 g/mol. The Labute approximate surface area is 200 Å². The Morgan fingerprint density at radius 3 is 2.52 bits per heavy atom. The fourth-order valence-electron chi connectivity index (χ4n) is 4.25. The standard InChI is InChI=1S/C26H27ClN2O3S/c1-18-24(27)12-7-13-25(18)29(33(31,32)23-10-4-3-5-11-23)17-26(30)28-19(2)21-15-14-20-8-6-9-22(20)16-21/h3-5,7,10-16,19H,6,8-9,17H2,1-2H3,(H,28,30)/t19-/m1/s1. The highest BCUT2D eigenvalue weighted by Crippen LogP contribution is 2.31. The Hall–Kier alpha value is -2.83. The second-order valence-corrected chi connectivity index (χ2v) is 10.6. The molecule has 0 aliphatic heterocycles. The minimum absolute atomic E-state index is 0.115. The van der Waals surface area contributed by atoms with Gasteiger partial charge in [-0.3, -0.25) is 9.10 Å². The number of amides is 1. The van der Waals surface area contributed by atoms with Crippen LogP contribution in [-0.4, -0.2) is 20.9 Å². The van der Waals surface area contributed by atoms with Crippen molar-refractivity contribution in [2.75, 3.05) is 10.8 Å². The van der Waals surface area contributed by atoms with Crippen LogP contribution in [0.25, 0.3) is 0 Å². The molecule has 0 spiro atoms. The summed E-state index contributed by atoms with van der Waals surface area (Å²) in [5.41, 5.74) is 4.69. The van der Waals surface area contributed by atoms with Gasteiger partial charge in [-0.05, 0) is 79.6 Å². The molecular weight excluding hydrogens is 456 g/mol. The summed E-state index contributed by atoms with van der Waals surface area (Å²) < 4.78 is 28.2. The van der Waals surface area contributed by atoms with Gasteiger partial charge in [-0.1, -0.05) is 54.1 Å². The van der Waals surface area contributed by atoms with Crippen molar-refractivity contribution in [1.82, 2.24) is 5.32 Å². The summed E-state index contributed by atoms with van der Waals surface area (Å²) in [5.74, 6) is -0.387. The monoisotopic (exact) mass is 482 g/mol. The third kappa shape index (κ3) is 4.92. The van der Waals surface area contributed by atoms with E-state index >= 15 is 0 Å². The molecule has 0 saturated carbocycles. The molecule has 0 fully saturated rings. The van der Waals surface area contributed by atoms with E-state index in [0.717, 1.165) is 29.1 Å². The number of benzene rings is 3. The van der Waals surface area contributed by atoms with E-state index in [-0.39, 0.29) is 23.4 Å². The van der Waals surface area contributed by atoms with Crippen LogP contribution < -0.4 is 9.62 Å². The summed E-state index contributed by atoms with van der Waals surface area (Å²) in [5, 5.41) is 3.40. The maximum Gasteiger partial charge on any atom is 0.264 e. The zero-order valence-corrected chi connectivity index (χ0v) is 20.3. The topological polar surface area (TPSA) is 66.5 Å². The summed E-state index contributed by atoms with van der Waals surface area (Å²) in [4.78, 5) is 13.2. The second kappa shape index (κ2) is 9.57. The molecule has 33 heavy (non-hydrogen) atoms. The van der Waals surface area contributed by atoms with Gasteiger partial charge in [0.2, 0.25) is 5.91 Å². The molecule has 1 aliphatic carbocycles. The maximum absolute atomic E-state index is 13.5. The first-order valence-corrected chi connectivity index (χ1v) is 12.8. The lowest BCUT2D eigenvalue weighted by Gasteiger charge is -2.27.